The first-order valence-electron chi connectivity index (χ1n) is 3.95. The smallest absolute Gasteiger partial charge is 0.354 e. The van der Waals surface area contributed by atoms with Gasteiger partial charge in [-0.15, -0.1) is 0 Å². The summed E-state index contributed by atoms with van der Waals surface area (Å²) in [6.45, 7) is 0. The second-order valence-corrected chi connectivity index (χ2v) is 2.69. The Labute approximate surface area is 83.6 Å². The van der Waals surface area contributed by atoms with E-state index in [4.69, 9.17) is 10.4 Å². The average molecular weight is 203 g/mol. The van der Waals surface area contributed by atoms with E-state index in [1.54, 1.807) is 12.1 Å². The Hall–Kier alpha value is -2.62. The highest BCUT2D eigenvalue weighted by molar-refractivity contribution is 5.86. The largest absolute Gasteiger partial charge is 0.477 e. The molecule has 0 aliphatic carbocycles. The maximum atomic E-state index is 10.8. The van der Waals surface area contributed by atoms with Crippen molar-refractivity contribution in [2.45, 2.75) is 0 Å². The van der Waals surface area contributed by atoms with E-state index in [1.165, 1.54) is 12.3 Å². The number of carboxylic acid groups (broad SMARTS) is 1. The van der Waals surface area contributed by atoms with Gasteiger partial charge in [0, 0.05) is 12.1 Å². The van der Waals surface area contributed by atoms with Crippen LogP contribution in [-0.2, 0) is 0 Å². The fourth-order valence-electron chi connectivity index (χ4n) is 1.14. The molecular weight excluding hydrogens is 198 g/mol. The molecule has 15 heavy (non-hydrogen) atoms. The van der Waals surface area contributed by atoms with Gasteiger partial charge in [-0.1, -0.05) is 0 Å². The van der Waals surface area contributed by atoms with Crippen molar-refractivity contribution in [2.75, 3.05) is 0 Å². The minimum atomic E-state index is -1.15. The standard InChI is InChI=1S/C8H5N5O2/c9-4-5-3-6(8(14)15)13(12-5)7-1-2-10-11-7/h1-3H,(H,10,11)(H,14,15). The molecule has 2 aromatic heterocycles. The molecule has 0 unspecified atom stereocenters. The van der Waals surface area contributed by atoms with Crippen LogP contribution in [-0.4, -0.2) is 31.1 Å². The summed E-state index contributed by atoms with van der Waals surface area (Å²) in [5.74, 6) is -0.757. The first-order chi connectivity index (χ1) is 7.22. The molecule has 2 aromatic rings. The van der Waals surface area contributed by atoms with Gasteiger partial charge in [0.2, 0.25) is 0 Å². The van der Waals surface area contributed by atoms with Crippen molar-refractivity contribution in [1.29, 1.82) is 5.26 Å². The number of carbonyl (C=O) groups is 1. The van der Waals surface area contributed by atoms with Crippen LogP contribution in [0.5, 0.6) is 0 Å². The van der Waals surface area contributed by atoms with Crippen molar-refractivity contribution in [3.05, 3.63) is 29.7 Å². The zero-order valence-corrected chi connectivity index (χ0v) is 7.38. The fraction of sp³-hybridized carbons (Fsp3) is 0. The predicted octanol–water partition coefficient (Wildman–Crippen LogP) is 0.165. The number of hydrogen-bond donors (Lipinski definition) is 2. The van der Waals surface area contributed by atoms with Gasteiger partial charge in [0.15, 0.2) is 11.4 Å². The van der Waals surface area contributed by atoms with E-state index in [9.17, 15) is 4.79 Å². The van der Waals surface area contributed by atoms with Crippen molar-refractivity contribution in [3.8, 4) is 11.9 Å². The van der Waals surface area contributed by atoms with E-state index in [1.807, 2.05) is 0 Å². The quantitative estimate of drug-likeness (QED) is 0.723. The number of rotatable bonds is 2. The van der Waals surface area contributed by atoms with Crippen LogP contribution in [0.3, 0.4) is 0 Å². The van der Waals surface area contributed by atoms with Crippen LogP contribution in [0, 0.1) is 11.3 Å². The van der Waals surface area contributed by atoms with E-state index >= 15 is 0 Å². The molecule has 0 fully saturated rings. The normalized spacial score (nSPS) is 9.80. The molecule has 7 heteroatoms. The van der Waals surface area contributed by atoms with Crippen LogP contribution in [0.1, 0.15) is 16.2 Å². The molecule has 0 spiro atoms. The summed E-state index contributed by atoms with van der Waals surface area (Å²) >= 11 is 0. The lowest BCUT2D eigenvalue weighted by Crippen LogP contribution is -2.08. The van der Waals surface area contributed by atoms with Crippen molar-refractivity contribution in [1.82, 2.24) is 20.0 Å². The van der Waals surface area contributed by atoms with Crippen molar-refractivity contribution < 1.29 is 9.90 Å². The SMILES string of the molecule is N#Cc1cc(C(=O)O)n(-c2ccn[nH]2)n1. The van der Waals surface area contributed by atoms with Gasteiger partial charge >= 0.3 is 5.97 Å². The molecule has 7 nitrogen and oxygen atoms in total. The zero-order chi connectivity index (χ0) is 10.8. The second-order valence-electron chi connectivity index (χ2n) is 2.69. The molecule has 74 valence electrons. The number of nitriles is 1. The summed E-state index contributed by atoms with van der Waals surface area (Å²) in [7, 11) is 0. The van der Waals surface area contributed by atoms with Crippen LogP contribution in [0.25, 0.3) is 5.82 Å². The van der Waals surface area contributed by atoms with Crippen LogP contribution < -0.4 is 0 Å². The van der Waals surface area contributed by atoms with Crippen molar-refractivity contribution >= 4 is 5.97 Å². The molecule has 0 radical (unpaired) electrons. The Morgan fingerprint density at radius 3 is 3.00 bits per heavy atom. The molecule has 2 N–H and O–H groups in total. The van der Waals surface area contributed by atoms with Crippen LogP contribution in [0.2, 0.25) is 0 Å². The maximum absolute atomic E-state index is 10.8. The Morgan fingerprint density at radius 2 is 2.47 bits per heavy atom. The first kappa shape index (κ1) is 8.96. The summed E-state index contributed by atoms with van der Waals surface area (Å²) in [5, 5.41) is 27.5. The van der Waals surface area contributed by atoms with Gasteiger partial charge in [0.25, 0.3) is 0 Å². The molecular formula is C8H5N5O2. The summed E-state index contributed by atoms with van der Waals surface area (Å²) in [4.78, 5) is 10.8. The second kappa shape index (κ2) is 3.26. The zero-order valence-electron chi connectivity index (χ0n) is 7.38. The number of nitrogens with one attached hydrogen (secondary N) is 1. The van der Waals surface area contributed by atoms with Gasteiger partial charge in [-0.3, -0.25) is 5.10 Å². The number of aromatic amines is 1. The fourth-order valence-corrected chi connectivity index (χ4v) is 1.14. The van der Waals surface area contributed by atoms with E-state index < -0.39 is 5.97 Å². The average Bonchev–Trinajstić information content (AvgIpc) is 2.86. The molecule has 0 aromatic carbocycles. The van der Waals surface area contributed by atoms with Crippen LogP contribution in [0.15, 0.2) is 18.3 Å². The Bertz CT molecular complexity index is 534. The van der Waals surface area contributed by atoms with E-state index in [2.05, 4.69) is 15.3 Å². The Kier molecular flexibility index (Phi) is 1.95. The molecule has 0 aliphatic heterocycles. The molecule has 0 aliphatic rings. The first-order valence-corrected chi connectivity index (χ1v) is 3.95. The van der Waals surface area contributed by atoms with Gasteiger partial charge in [-0.05, 0) is 0 Å². The van der Waals surface area contributed by atoms with Crippen molar-refractivity contribution in [2.24, 2.45) is 0 Å². The van der Waals surface area contributed by atoms with Gasteiger partial charge in [-0.25, -0.2) is 9.48 Å². The lowest BCUT2D eigenvalue weighted by Gasteiger charge is -1.98. The van der Waals surface area contributed by atoms with Crippen LogP contribution >= 0.6 is 0 Å². The number of nitrogens with zero attached hydrogens (tertiary/aromatic N) is 4. The predicted molar refractivity (Wildman–Crippen MR) is 47.4 cm³/mol. The van der Waals surface area contributed by atoms with Gasteiger partial charge in [-0.2, -0.15) is 15.5 Å². The monoisotopic (exact) mass is 203 g/mol. The van der Waals surface area contributed by atoms with Gasteiger partial charge < -0.3 is 5.11 Å². The Morgan fingerprint density at radius 1 is 1.67 bits per heavy atom. The lowest BCUT2D eigenvalue weighted by molar-refractivity contribution is 0.0687. The topological polar surface area (TPSA) is 108 Å². The number of hydrogen-bond acceptors (Lipinski definition) is 4. The summed E-state index contributed by atoms with van der Waals surface area (Å²) in [5.41, 5.74) is -0.0437. The summed E-state index contributed by atoms with van der Waals surface area (Å²) in [6.07, 6.45) is 1.47. The molecule has 0 amide bonds. The highest BCUT2D eigenvalue weighted by Gasteiger charge is 2.15. The minimum absolute atomic E-state index is 0.0435. The molecule has 2 rings (SSSR count). The maximum Gasteiger partial charge on any atom is 0.354 e. The number of carboxylic acids is 1. The summed E-state index contributed by atoms with van der Waals surface area (Å²) < 4.78 is 1.12. The number of aromatic carboxylic acids is 1. The van der Waals surface area contributed by atoms with E-state index in [0.29, 0.717) is 5.82 Å². The third-order valence-electron chi connectivity index (χ3n) is 1.76. The third-order valence-corrected chi connectivity index (χ3v) is 1.76. The minimum Gasteiger partial charge on any atom is -0.477 e. The summed E-state index contributed by atoms with van der Waals surface area (Å²) in [6, 6.07) is 4.53. The third kappa shape index (κ3) is 1.44. The molecule has 0 bridgehead atoms. The number of H-pyrrole nitrogens is 1. The molecule has 0 saturated heterocycles. The molecule has 0 atom stereocenters. The van der Waals surface area contributed by atoms with Crippen LogP contribution in [0.4, 0.5) is 0 Å². The van der Waals surface area contributed by atoms with E-state index in [0.717, 1.165) is 4.68 Å². The highest BCUT2D eigenvalue weighted by Crippen LogP contribution is 2.09. The molecule has 0 saturated carbocycles. The van der Waals surface area contributed by atoms with Gasteiger partial charge in [0.05, 0.1) is 6.20 Å². The number of aromatic nitrogens is 4. The highest BCUT2D eigenvalue weighted by atomic mass is 16.4. The lowest BCUT2D eigenvalue weighted by atomic mass is 10.4. The molecule has 2 heterocycles. The Balaban J connectivity index is 2.61. The van der Waals surface area contributed by atoms with Crippen molar-refractivity contribution in [3.63, 3.8) is 0 Å². The van der Waals surface area contributed by atoms with Gasteiger partial charge in [0.1, 0.15) is 11.9 Å². The van der Waals surface area contributed by atoms with E-state index in [-0.39, 0.29) is 11.4 Å².